The normalized spacial score (nSPS) is 11.3. The van der Waals surface area contributed by atoms with Gasteiger partial charge in [-0.2, -0.15) is 0 Å². The van der Waals surface area contributed by atoms with Gasteiger partial charge in [-0.25, -0.2) is 0 Å². The molecule has 1 N–H and O–H groups in total. The van der Waals surface area contributed by atoms with Gasteiger partial charge in [0.1, 0.15) is 5.69 Å². The summed E-state index contributed by atoms with van der Waals surface area (Å²) in [6.07, 6.45) is 2.98. The summed E-state index contributed by atoms with van der Waals surface area (Å²) in [5, 5.41) is 2.89. The standard InChI is InChI=1S/C15H25BrN2O2/c1-11(2)5-7-20-8-6-17-15(19)14-9-13(16)10-18(14)12(3)4/h9-12H,5-8H2,1-4H3,(H,17,19). The van der Waals surface area contributed by atoms with Crippen molar-refractivity contribution in [2.45, 2.75) is 40.2 Å². The van der Waals surface area contributed by atoms with Crippen LogP contribution in [0.1, 0.15) is 50.6 Å². The van der Waals surface area contributed by atoms with Crippen LogP contribution >= 0.6 is 15.9 Å². The van der Waals surface area contributed by atoms with E-state index in [4.69, 9.17) is 4.74 Å². The minimum atomic E-state index is -0.0585. The average molecular weight is 345 g/mol. The molecule has 5 heteroatoms. The predicted octanol–water partition coefficient (Wildman–Crippen LogP) is 3.62. The van der Waals surface area contributed by atoms with E-state index in [2.05, 4.69) is 48.9 Å². The third-order valence-corrected chi connectivity index (χ3v) is 3.41. The molecule has 0 aliphatic carbocycles. The number of amides is 1. The molecular formula is C15H25BrN2O2. The zero-order valence-corrected chi connectivity index (χ0v) is 14.4. The molecule has 0 bridgehead atoms. The van der Waals surface area contributed by atoms with Crippen molar-refractivity contribution >= 4 is 21.8 Å². The van der Waals surface area contributed by atoms with E-state index in [1.807, 2.05) is 16.8 Å². The van der Waals surface area contributed by atoms with Crippen molar-refractivity contribution in [2.24, 2.45) is 5.92 Å². The maximum atomic E-state index is 12.1. The van der Waals surface area contributed by atoms with E-state index in [0.29, 0.717) is 24.8 Å². The fourth-order valence-electron chi connectivity index (χ4n) is 1.80. The number of carbonyl (C=O) groups is 1. The summed E-state index contributed by atoms with van der Waals surface area (Å²) in [4.78, 5) is 12.1. The van der Waals surface area contributed by atoms with Crippen molar-refractivity contribution in [3.05, 3.63) is 22.4 Å². The highest BCUT2D eigenvalue weighted by Gasteiger charge is 2.14. The molecule has 0 fully saturated rings. The second-order valence-electron chi connectivity index (χ2n) is 5.60. The molecule has 4 nitrogen and oxygen atoms in total. The molecule has 0 spiro atoms. The maximum absolute atomic E-state index is 12.1. The van der Waals surface area contributed by atoms with Crippen LogP contribution in [-0.4, -0.2) is 30.2 Å². The second kappa shape index (κ2) is 8.47. The summed E-state index contributed by atoms with van der Waals surface area (Å²) in [7, 11) is 0. The Labute approximate surface area is 130 Å². The molecule has 0 atom stereocenters. The predicted molar refractivity (Wildman–Crippen MR) is 85.1 cm³/mol. The lowest BCUT2D eigenvalue weighted by atomic mass is 10.1. The van der Waals surface area contributed by atoms with Crippen LogP contribution in [0.4, 0.5) is 0 Å². The van der Waals surface area contributed by atoms with Crippen LogP contribution in [0.15, 0.2) is 16.7 Å². The Morgan fingerprint density at radius 2 is 2.05 bits per heavy atom. The summed E-state index contributed by atoms with van der Waals surface area (Å²) in [6.45, 7) is 10.3. The van der Waals surface area contributed by atoms with Gasteiger partial charge in [-0.05, 0) is 48.2 Å². The monoisotopic (exact) mass is 344 g/mol. The molecule has 0 aromatic carbocycles. The maximum Gasteiger partial charge on any atom is 0.268 e. The minimum absolute atomic E-state index is 0.0585. The van der Waals surface area contributed by atoms with Crippen molar-refractivity contribution in [3.63, 3.8) is 0 Å². The van der Waals surface area contributed by atoms with E-state index in [1.165, 1.54) is 0 Å². The van der Waals surface area contributed by atoms with Gasteiger partial charge in [0.25, 0.3) is 5.91 Å². The van der Waals surface area contributed by atoms with Gasteiger partial charge in [0.05, 0.1) is 6.61 Å². The molecule has 1 heterocycles. The first-order valence-corrected chi connectivity index (χ1v) is 7.94. The Hall–Kier alpha value is -0.810. The molecule has 114 valence electrons. The van der Waals surface area contributed by atoms with Crippen molar-refractivity contribution in [1.29, 1.82) is 0 Å². The molecule has 1 aromatic rings. The van der Waals surface area contributed by atoms with Gasteiger partial charge < -0.3 is 14.6 Å². The molecule has 0 unspecified atom stereocenters. The number of rotatable bonds is 8. The van der Waals surface area contributed by atoms with Crippen LogP contribution < -0.4 is 5.32 Å². The number of aromatic nitrogens is 1. The number of nitrogens with zero attached hydrogens (tertiary/aromatic N) is 1. The minimum Gasteiger partial charge on any atom is -0.380 e. The molecule has 1 rings (SSSR count). The van der Waals surface area contributed by atoms with Crippen molar-refractivity contribution < 1.29 is 9.53 Å². The Kier molecular flexibility index (Phi) is 7.30. The van der Waals surface area contributed by atoms with E-state index in [1.54, 1.807) is 0 Å². The number of nitrogens with one attached hydrogen (secondary N) is 1. The SMILES string of the molecule is CC(C)CCOCCNC(=O)c1cc(Br)cn1C(C)C. The van der Waals surface area contributed by atoms with Crippen molar-refractivity contribution in [1.82, 2.24) is 9.88 Å². The highest BCUT2D eigenvalue weighted by Crippen LogP contribution is 2.19. The molecule has 0 radical (unpaired) electrons. The largest absolute Gasteiger partial charge is 0.380 e. The summed E-state index contributed by atoms with van der Waals surface area (Å²) >= 11 is 3.41. The third-order valence-electron chi connectivity index (χ3n) is 2.98. The third kappa shape index (κ3) is 5.67. The first kappa shape index (κ1) is 17.2. The number of ether oxygens (including phenoxy) is 1. The van der Waals surface area contributed by atoms with Gasteiger partial charge in [-0.3, -0.25) is 4.79 Å². The van der Waals surface area contributed by atoms with Crippen LogP contribution in [-0.2, 0) is 4.74 Å². The van der Waals surface area contributed by atoms with E-state index in [-0.39, 0.29) is 11.9 Å². The molecule has 0 aliphatic rings. The van der Waals surface area contributed by atoms with Crippen LogP contribution in [0.2, 0.25) is 0 Å². The lowest BCUT2D eigenvalue weighted by molar-refractivity contribution is 0.0896. The Balaban J connectivity index is 2.36. The van der Waals surface area contributed by atoms with Crippen molar-refractivity contribution in [2.75, 3.05) is 19.8 Å². The second-order valence-corrected chi connectivity index (χ2v) is 6.51. The molecular weight excluding hydrogens is 320 g/mol. The van der Waals surface area contributed by atoms with Crippen molar-refractivity contribution in [3.8, 4) is 0 Å². The number of hydrogen-bond acceptors (Lipinski definition) is 2. The van der Waals surface area contributed by atoms with E-state index in [0.717, 1.165) is 17.5 Å². The first-order chi connectivity index (χ1) is 9.41. The van der Waals surface area contributed by atoms with E-state index in [9.17, 15) is 4.79 Å². The van der Waals surface area contributed by atoms with Gasteiger partial charge in [-0.15, -0.1) is 0 Å². The van der Waals surface area contributed by atoms with Gasteiger partial charge in [0, 0.05) is 29.9 Å². The summed E-state index contributed by atoms with van der Waals surface area (Å²) in [6, 6.07) is 2.10. The van der Waals surface area contributed by atoms with Crippen LogP contribution in [0.5, 0.6) is 0 Å². The van der Waals surface area contributed by atoms with Crippen LogP contribution in [0, 0.1) is 5.92 Å². The average Bonchev–Trinajstić information content (AvgIpc) is 2.75. The lowest BCUT2D eigenvalue weighted by Crippen LogP contribution is -2.29. The fraction of sp³-hybridized carbons (Fsp3) is 0.667. The zero-order valence-electron chi connectivity index (χ0n) is 12.8. The van der Waals surface area contributed by atoms with E-state index < -0.39 is 0 Å². The first-order valence-electron chi connectivity index (χ1n) is 7.15. The molecule has 1 aromatic heterocycles. The molecule has 0 saturated carbocycles. The Morgan fingerprint density at radius 3 is 2.65 bits per heavy atom. The highest BCUT2D eigenvalue weighted by atomic mass is 79.9. The molecule has 0 saturated heterocycles. The fourth-order valence-corrected chi connectivity index (χ4v) is 2.24. The highest BCUT2D eigenvalue weighted by molar-refractivity contribution is 9.10. The molecule has 0 aliphatic heterocycles. The topological polar surface area (TPSA) is 43.3 Å². The van der Waals surface area contributed by atoms with Crippen LogP contribution in [0.3, 0.4) is 0 Å². The number of halogens is 1. The van der Waals surface area contributed by atoms with Gasteiger partial charge in [0.2, 0.25) is 0 Å². The number of carbonyl (C=O) groups excluding carboxylic acids is 1. The smallest absolute Gasteiger partial charge is 0.268 e. The van der Waals surface area contributed by atoms with Gasteiger partial charge >= 0.3 is 0 Å². The summed E-state index contributed by atoms with van der Waals surface area (Å²) in [5.74, 6) is 0.591. The van der Waals surface area contributed by atoms with Crippen LogP contribution in [0.25, 0.3) is 0 Å². The Bertz CT molecular complexity index is 428. The van der Waals surface area contributed by atoms with E-state index >= 15 is 0 Å². The summed E-state index contributed by atoms with van der Waals surface area (Å²) in [5.41, 5.74) is 0.675. The Morgan fingerprint density at radius 1 is 1.35 bits per heavy atom. The van der Waals surface area contributed by atoms with Gasteiger partial charge in [0.15, 0.2) is 0 Å². The molecule has 1 amide bonds. The number of hydrogen-bond donors (Lipinski definition) is 1. The zero-order chi connectivity index (χ0) is 15.1. The quantitative estimate of drug-likeness (QED) is 0.731. The molecule has 20 heavy (non-hydrogen) atoms. The lowest BCUT2D eigenvalue weighted by Gasteiger charge is -2.13. The summed E-state index contributed by atoms with van der Waals surface area (Å²) < 4.78 is 8.36. The van der Waals surface area contributed by atoms with Gasteiger partial charge in [-0.1, -0.05) is 13.8 Å².